The van der Waals surface area contributed by atoms with E-state index in [9.17, 15) is 0 Å². The second-order valence-electron chi connectivity index (χ2n) is 11.7. The van der Waals surface area contributed by atoms with Crippen LogP contribution in [0.1, 0.15) is 50.2 Å². The van der Waals surface area contributed by atoms with Gasteiger partial charge in [0.25, 0.3) is 0 Å². The number of nitrogens with zero attached hydrogens (tertiary/aromatic N) is 2. The predicted molar refractivity (Wildman–Crippen MR) is 170 cm³/mol. The maximum atomic E-state index is 2.65. The maximum Gasteiger partial charge on any atom is 0.221 e. The highest BCUT2D eigenvalue weighted by Gasteiger charge is 2.50. The van der Waals surface area contributed by atoms with E-state index in [1.165, 1.54) is 55.2 Å². The quantitative estimate of drug-likeness (QED) is 0.143. The van der Waals surface area contributed by atoms with Gasteiger partial charge in [-0.3, -0.25) is 0 Å². The molecule has 7 rings (SSSR count). The molecule has 202 valence electrons. The molecule has 0 N–H and O–H groups in total. The Morgan fingerprint density at radius 2 is 1.44 bits per heavy atom. The van der Waals surface area contributed by atoms with Crippen molar-refractivity contribution >= 4 is 21.7 Å². The van der Waals surface area contributed by atoms with E-state index in [1.807, 2.05) is 0 Å². The smallest absolute Gasteiger partial charge is 0.198 e. The molecule has 0 bridgehead atoms. The van der Waals surface area contributed by atoms with Crippen LogP contribution in [0.15, 0.2) is 122 Å². The first kappa shape index (κ1) is 25.7. The maximum absolute atomic E-state index is 2.65. The van der Waals surface area contributed by atoms with Gasteiger partial charge in [0.15, 0.2) is 17.9 Å². The van der Waals surface area contributed by atoms with Crippen LogP contribution >= 0.6 is 0 Å². The normalized spacial score (nSPS) is 15.5. The van der Waals surface area contributed by atoms with Crippen LogP contribution in [-0.2, 0) is 12.1 Å². The lowest BCUT2D eigenvalue weighted by molar-refractivity contribution is -0.751. The van der Waals surface area contributed by atoms with Crippen molar-refractivity contribution in [1.29, 1.82) is 0 Å². The van der Waals surface area contributed by atoms with Gasteiger partial charge in [-0.15, -0.1) is 0 Å². The molecule has 0 fully saturated rings. The summed E-state index contributed by atoms with van der Waals surface area (Å²) in [4.78, 5) is 0. The fraction of sp³-hybridized carbons (Fsp3) is 0.231. The van der Waals surface area contributed by atoms with Crippen molar-refractivity contribution in [1.82, 2.24) is 0 Å². The average molecular weight is 535 g/mol. The lowest BCUT2D eigenvalue weighted by Crippen LogP contribution is -2.61. The first-order chi connectivity index (χ1) is 20.1. The van der Waals surface area contributed by atoms with Crippen LogP contribution in [0.2, 0.25) is 0 Å². The monoisotopic (exact) mass is 534 g/mol. The lowest BCUT2D eigenvalue weighted by atomic mass is 9.69. The number of hydrogen-bond acceptors (Lipinski definition) is 0. The second-order valence-corrected chi connectivity index (χ2v) is 11.7. The molecule has 0 saturated heterocycles. The minimum absolute atomic E-state index is 0.0372. The highest BCUT2D eigenvalue weighted by Crippen LogP contribution is 2.47. The first-order valence-electron chi connectivity index (χ1n) is 15.2. The van der Waals surface area contributed by atoms with Crippen molar-refractivity contribution in [2.75, 3.05) is 0 Å². The van der Waals surface area contributed by atoms with E-state index in [-0.39, 0.29) is 5.54 Å². The third-order valence-electron chi connectivity index (χ3n) is 9.78. The summed E-state index contributed by atoms with van der Waals surface area (Å²) in [6.45, 7) is 7.96. The van der Waals surface area contributed by atoms with E-state index in [0.717, 1.165) is 25.8 Å². The molecule has 0 radical (unpaired) electrons. The van der Waals surface area contributed by atoms with Gasteiger partial charge in [0.1, 0.15) is 6.54 Å². The molecule has 0 saturated carbocycles. The summed E-state index contributed by atoms with van der Waals surface area (Å²) in [5.74, 6) is 0.415. The number of aromatic nitrogens is 2. The molecule has 0 amide bonds. The zero-order chi connectivity index (χ0) is 28.0. The molecule has 41 heavy (non-hydrogen) atoms. The Hall–Kier alpha value is -4.30. The van der Waals surface area contributed by atoms with E-state index >= 15 is 0 Å². The minimum atomic E-state index is 0.0372. The highest BCUT2D eigenvalue weighted by atomic mass is 15.1. The fourth-order valence-corrected chi connectivity index (χ4v) is 7.63. The summed E-state index contributed by atoms with van der Waals surface area (Å²) < 4.78 is 5.14. The summed E-state index contributed by atoms with van der Waals surface area (Å²) in [5, 5.41) is 4.13. The second kappa shape index (κ2) is 10.3. The molecule has 2 nitrogen and oxygen atoms in total. The van der Waals surface area contributed by atoms with Crippen LogP contribution in [0.25, 0.3) is 44.1 Å². The average Bonchev–Trinajstić information content (AvgIpc) is 3.03. The SMILES string of the molecule is CCC1(CC)C(CC[n+]2ccc(-c3ccccc3)cc2-c2ccccc2C)c2cccc3ccc4ccc[n+]1c4c23. The zero-order valence-corrected chi connectivity index (χ0v) is 24.3. The van der Waals surface area contributed by atoms with Crippen LogP contribution in [0, 0.1) is 6.92 Å². The molecule has 1 atom stereocenters. The molecular formula is C39H38N2+2. The summed E-state index contributed by atoms with van der Waals surface area (Å²) >= 11 is 0. The summed E-state index contributed by atoms with van der Waals surface area (Å²) in [6, 6.07) is 40.3. The minimum Gasteiger partial charge on any atom is -0.198 e. The Balaban J connectivity index is 1.36. The van der Waals surface area contributed by atoms with Crippen molar-refractivity contribution < 1.29 is 9.13 Å². The molecule has 4 aromatic carbocycles. The zero-order valence-electron chi connectivity index (χ0n) is 24.3. The topological polar surface area (TPSA) is 7.76 Å². The van der Waals surface area contributed by atoms with Crippen molar-refractivity contribution in [2.45, 2.75) is 58.0 Å². The largest absolute Gasteiger partial charge is 0.221 e. The number of rotatable bonds is 7. The summed E-state index contributed by atoms with van der Waals surface area (Å²) in [5.41, 5.74) is 9.37. The summed E-state index contributed by atoms with van der Waals surface area (Å²) in [6.07, 6.45) is 7.94. The molecule has 0 spiro atoms. The Bertz CT molecular complexity index is 1880. The summed E-state index contributed by atoms with van der Waals surface area (Å²) in [7, 11) is 0. The number of hydrogen-bond donors (Lipinski definition) is 0. The van der Waals surface area contributed by atoms with E-state index in [0.29, 0.717) is 5.92 Å². The van der Waals surface area contributed by atoms with Crippen LogP contribution in [0.5, 0.6) is 0 Å². The molecule has 6 aromatic rings. The van der Waals surface area contributed by atoms with Crippen LogP contribution in [0.3, 0.4) is 0 Å². The predicted octanol–water partition coefficient (Wildman–Crippen LogP) is 8.91. The highest BCUT2D eigenvalue weighted by molar-refractivity contribution is 6.06. The molecule has 3 heterocycles. The van der Waals surface area contributed by atoms with Gasteiger partial charge in [-0.1, -0.05) is 86.6 Å². The Labute approximate surface area is 243 Å². The van der Waals surface area contributed by atoms with Crippen LogP contribution < -0.4 is 9.13 Å². The fourth-order valence-electron chi connectivity index (χ4n) is 7.63. The van der Waals surface area contributed by atoms with Crippen molar-refractivity contribution in [3.8, 4) is 22.4 Å². The van der Waals surface area contributed by atoms with Gasteiger partial charge in [0.2, 0.25) is 11.2 Å². The first-order valence-corrected chi connectivity index (χ1v) is 15.2. The Kier molecular flexibility index (Phi) is 6.43. The van der Waals surface area contributed by atoms with Gasteiger partial charge >= 0.3 is 0 Å². The van der Waals surface area contributed by atoms with Gasteiger partial charge in [-0.05, 0) is 52.8 Å². The van der Waals surface area contributed by atoms with Crippen molar-refractivity contribution in [3.63, 3.8) is 0 Å². The molecule has 1 unspecified atom stereocenters. The third kappa shape index (κ3) is 4.08. The van der Waals surface area contributed by atoms with Gasteiger partial charge in [-0.25, -0.2) is 0 Å². The van der Waals surface area contributed by atoms with Crippen LogP contribution in [0.4, 0.5) is 0 Å². The molecule has 1 aliphatic rings. The standard InChI is InChI=1S/C39H38N2/c1-4-39(5-2)35(34-19-11-16-30-20-21-31-17-12-24-41(39)38(31)37(30)34)23-26-40-25-22-32(29-14-7-6-8-15-29)27-36(40)33-18-10-9-13-28(33)3/h6-22,24-25,27,35H,4-5,23,26H2,1-3H3/q+2. The molecule has 2 aromatic heterocycles. The number of benzene rings is 4. The third-order valence-corrected chi connectivity index (χ3v) is 9.78. The Morgan fingerprint density at radius 3 is 2.24 bits per heavy atom. The van der Waals surface area contributed by atoms with Crippen LogP contribution in [-0.4, -0.2) is 0 Å². The molecule has 0 aliphatic carbocycles. The van der Waals surface area contributed by atoms with Gasteiger partial charge < -0.3 is 0 Å². The van der Waals surface area contributed by atoms with E-state index in [2.05, 4.69) is 151 Å². The van der Waals surface area contributed by atoms with E-state index in [4.69, 9.17) is 0 Å². The number of pyridine rings is 2. The molecular weight excluding hydrogens is 496 g/mol. The van der Waals surface area contributed by atoms with E-state index in [1.54, 1.807) is 0 Å². The van der Waals surface area contributed by atoms with Gasteiger partial charge in [0, 0.05) is 48.4 Å². The Morgan fingerprint density at radius 1 is 0.683 bits per heavy atom. The molecule has 2 heteroatoms. The van der Waals surface area contributed by atoms with E-state index < -0.39 is 0 Å². The van der Waals surface area contributed by atoms with Gasteiger partial charge in [0.05, 0.1) is 11.3 Å². The lowest BCUT2D eigenvalue weighted by Gasteiger charge is -2.38. The molecule has 1 aliphatic heterocycles. The van der Waals surface area contributed by atoms with Crippen molar-refractivity contribution in [2.24, 2.45) is 0 Å². The van der Waals surface area contributed by atoms with Crippen molar-refractivity contribution in [3.05, 3.63) is 133 Å². The number of aryl methyl sites for hydroxylation is 2. The van der Waals surface area contributed by atoms with Gasteiger partial charge in [-0.2, -0.15) is 9.13 Å².